The Bertz CT molecular complexity index is 402. The van der Waals surface area contributed by atoms with E-state index in [-0.39, 0.29) is 5.91 Å². The Labute approximate surface area is 112 Å². The van der Waals surface area contributed by atoms with Crippen molar-refractivity contribution in [2.75, 3.05) is 6.54 Å². The Kier molecular flexibility index (Phi) is 4.03. The Morgan fingerprint density at radius 1 is 1.38 bits per heavy atom. The van der Waals surface area contributed by atoms with Gasteiger partial charge < -0.3 is 5.32 Å². The van der Waals surface area contributed by atoms with Crippen LogP contribution in [-0.2, 0) is 0 Å². The van der Waals surface area contributed by atoms with Crippen molar-refractivity contribution in [3.63, 3.8) is 0 Å². The first-order chi connectivity index (χ1) is 7.66. The van der Waals surface area contributed by atoms with Crippen molar-refractivity contribution >= 4 is 37.8 Å². The number of carbonyl (C=O) groups is 1. The van der Waals surface area contributed by atoms with E-state index in [0.29, 0.717) is 11.5 Å². The summed E-state index contributed by atoms with van der Waals surface area (Å²) in [4.78, 5) is 11.9. The van der Waals surface area contributed by atoms with Crippen LogP contribution >= 0.6 is 31.9 Å². The fourth-order valence-electron chi connectivity index (χ4n) is 1.70. The van der Waals surface area contributed by atoms with E-state index in [1.807, 2.05) is 18.2 Å². The molecule has 1 fully saturated rings. The second kappa shape index (κ2) is 5.32. The Morgan fingerprint density at radius 3 is 2.75 bits per heavy atom. The van der Waals surface area contributed by atoms with Gasteiger partial charge in [0, 0.05) is 15.5 Å². The zero-order valence-electron chi connectivity index (χ0n) is 8.80. The van der Waals surface area contributed by atoms with Crippen LogP contribution in [0.1, 0.15) is 29.6 Å². The minimum atomic E-state index is 0.0000694. The number of amides is 1. The summed E-state index contributed by atoms with van der Waals surface area (Å²) in [5.74, 6) is 0.690. The van der Waals surface area contributed by atoms with Gasteiger partial charge in [-0.05, 0) is 52.9 Å². The monoisotopic (exact) mass is 345 g/mol. The second-order valence-corrected chi connectivity index (χ2v) is 5.90. The van der Waals surface area contributed by atoms with E-state index >= 15 is 0 Å². The zero-order chi connectivity index (χ0) is 11.5. The van der Waals surface area contributed by atoms with Crippen molar-refractivity contribution in [2.45, 2.75) is 19.3 Å². The first-order valence-corrected chi connectivity index (χ1v) is 6.98. The molecule has 1 aliphatic rings. The molecule has 0 atom stereocenters. The Morgan fingerprint density at radius 2 is 2.12 bits per heavy atom. The number of benzene rings is 1. The standard InChI is InChI=1S/C12H13Br2NO/c13-9-4-5-11(14)10(6-9)12(16)15-7-8-2-1-3-8/h4-6,8H,1-3,7H2,(H,15,16). The number of nitrogens with one attached hydrogen (secondary N) is 1. The van der Waals surface area contributed by atoms with Gasteiger partial charge in [0.25, 0.3) is 5.91 Å². The SMILES string of the molecule is O=C(NCC1CCC1)c1cc(Br)ccc1Br. The van der Waals surface area contributed by atoms with Crippen molar-refractivity contribution in [1.82, 2.24) is 5.32 Å². The topological polar surface area (TPSA) is 29.1 Å². The van der Waals surface area contributed by atoms with Crippen LogP contribution in [0.25, 0.3) is 0 Å². The van der Waals surface area contributed by atoms with Crippen LogP contribution in [0.4, 0.5) is 0 Å². The summed E-state index contributed by atoms with van der Waals surface area (Å²) in [7, 11) is 0. The lowest BCUT2D eigenvalue weighted by atomic mass is 9.85. The lowest BCUT2D eigenvalue weighted by Crippen LogP contribution is -2.32. The van der Waals surface area contributed by atoms with Crippen molar-refractivity contribution in [2.24, 2.45) is 5.92 Å². The van der Waals surface area contributed by atoms with Gasteiger partial charge in [-0.2, -0.15) is 0 Å². The first kappa shape index (κ1) is 12.1. The molecular formula is C12H13Br2NO. The van der Waals surface area contributed by atoms with E-state index < -0.39 is 0 Å². The Balaban J connectivity index is 1.99. The molecule has 0 heterocycles. The predicted molar refractivity (Wildman–Crippen MR) is 71.5 cm³/mol. The summed E-state index contributed by atoms with van der Waals surface area (Å²) < 4.78 is 1.76. The number of hydrogen-bond donors (Lipinski definition) is 1. The summed E-state index contributed by atoms with van der Waals surface area (Å²) in [6.45, 7) is 0.803. The summed E-state index contributed by atoms with van der Waals surface area (Å²) in [6, 6.07) is 5.62. The number of carbonyl (C=O) groups excluding carboxylic acids is 1. The molecule has 0 aliphatic heterocycles. The highest BCUT2D eigenvalue weighted by atomic mass is 79.9. The highest BCUT2D eigenvalue weighted by molar-refractivity contribution is 9.11. The first-order valence-electron chi connectivity index (χ1n) is 5.40. The highest BCUT2D eigenvalue weighted by Gasteiger charge is 2.18. The lowest BCUT2D eigenvalue weighted by molar-refractivity contribution is 0.0938. The van der Waals surface area contributed by atoms with Crippen LogP contribution < -0.4 is 5.32 Å². The molecule has 0 aromatic heterocycles. The molecule has 16 heavy (non-hydrogen) atoms. The van der Waals surface area contributed by atoms with Crippen LogP contribution in [0.5, 0.6) is 0 Å². The summed E-state index contributed by atoms with van der Waals surface area (Å²) in [5, 5.41) is 2.98. The van der Waals surface area contributed by atoms with E-state index in [1.165, 1.54) is 19.3 Å². The fraction of sp³-hybridized carbons (Fsp3) is 0.417. The third-order valence-corrected chi connectivity index (χ3v) is 4.13. The van der Waals surface area contributed by atoms with Gasteiger partial charge in [0.2, 0.25) is 0 Å². The molecule has 1 aliphatic carbocycles. The third-order valence-electron chi connectivity index (χ3n) is 2.95. The van der Waals surface area contributed by atoms with Crippen LogP contribution in [0.2, 0.25) is 0 Å². The zero-order valence-corrected chi connectivity index (χ0v) is 12.0. The molecule has 1 aromatic rings. The third kappa shape index (κ3) is 2.86. The van der Waals surface area contributed by atoms with Crippen LogP contribution in [0.3, 0.4) is 0 Å². The van der Waals surface area contributed by atoms with Gasteiger partial charge in [-0.3, -0.25) is 4.79 Å². The minimum Gasteiger partial charge on any atom is -0.352 e. The van der Waals surface area contributed by atoms with Crippen LogP contribution in [0.15, 0.2) is 27.1 Å². The molecule has 1 aromatic carbocycles. The van der Waals surface area contributed by atoms with Crippen molar-refractivity contribution in [3.05, 3.63) is 32.7 Å². The quantitative estimate of drug-likeness (QED) is 0.887. The van der Waals surface area contributed by atoms with Crippen molar-refractivity contribution < 1.29 is 4.79 Å². The maximum absolute atomic E-state index is 11.9. The summed E-state index contributed by atoms with van der Waals surface area (Å²) in [5.41, 5.74) is 0.689. The second-order valence-electron chi connectivity index (χ2n) is 4.13. The smallest absolute Gasteiger partial charge is 0.252 e. The fourth-order valence-corrected chi connectivity index (χ4v) is 2.49. The molecule has 86 valence electrons. The van der Waals surface area contributed by atoms with Gasteiger partial charge >= 0.3 is 0 Å². The average Bonchev–Trinajstić information content (AvgIpc) is 2.19. The molecule has 2 nitrogen and oxygen atoms in total. The predicted octanol–water partition coefficient (Wildman–Crippen LogP) is 3.74. The molecule has 0 saturated heterocycles. The molecule has 1 amide bonds. The maximum Gasteiger partial charge on any atom is 0.252 e. The largest absolute Gasteiger partial charge is 0.352 e. The molecule has 4 heteroatoms. The van der Waals surface area contributed by atoms with E-state index in [0.717, 1.165) is 15.5 Å². The van der Waals surface area contributed by atoms with Crippen molar-refractivity contribution in [3.8, 4) is 0 Å². The molecule has 0 radical (unpaired) electrons. The molecule has 2 rings (SSSR count). The Hall–Kier alpha value is -0.350. The van der Waals surface area contributed by atoms with E-state index in [1.54, 1.807) is 0 Å². The van der Waals surface area contributed by atoms with Gasteiger partial charge in [0.1, 0.15) is 0 Å². The van der Waals surface area contributed by atoms with Gasteiger partial charge in [-0.1, -0.05) is 22.4 Å². The van der Waals surface area contributed by atoms with E-state index in [4.69, 9.17) is 0 Å². The van der Waals surface area contributed by atoms with Gasteiger partial charge in [0.15, 0.2) is 0 Å². The summed E-state index contributed by atoms with van der Waals surface area (Å²) >= 11 is 6.76. The number of rotatable bonds is 3. The minimum absolute atomic E-state index is 0.0000694. The molecule has 0 bridgehead atoms. The van der Waals surface area contributed by atoms with Gasteiger partial charge in [-0.25, -0.2) is 0 Å². The molecular weight excluding hydrogens is 334 g/mol. The number of halogens is 2. The van der Waals surface area contributed by atoms with E-state index in [2.05, 4.69) is 37.2 Å². The lowest BCUT2D eigenvalue weighted by Gasteiger charge is -2.25. The number of hydrogen-bond acceptors (Lipinski definition) is 1. The van der Waals surface area contributed by atoms with Gasteiger partial charge in [0.05, 0.1) is 5.56 Å². The molecule has 0 spiro atoms. The van der Waals surface area contributed by atoms with Gasteiger partial charge in [-0.15, -0.1) is 0 Å². The maximum atomic E-state index is 11.9. The van der Waals surface area contributed by atoms with Crippen LogP contribution in [-0.4, -0.2) is 12.5 Å². The molecule has 1 saturated carbocycles. The van der Waals surface area contributed by atoms with E-state index in [9.17, 15) is 4.79 Å². The van der Waals surface area contributed by atoms with Crippen molar-refractivity contribution in [1.29, 1.82) is 0 Å². The highest BCUT2D eigenvalue weighted by Crippen LogP contribution is 2.26. The molecule has 1 N–H and O–H groups in total. The van der Waals surface area contributed by atoms with Crippen LogP contribution in [0, 0.1) is 5.92 Å². The average molecular weight is 347 g/mol. The summed E-state index contributed by atoms with van der Waals surface area (Å²) in [6.07, 6.45) is 3.81. The molecule has 0 unspecified atom stereocenters. The normalized spacial score (nSPS) is 15.6.